The lowest BCUT2D eigenvalue weighted by molar-refractivity contribution is 0.0685. The predicted molar refractivity (Wildman–Crippen MR) is 45.0 cm³/mol. The lowest BCUT2D eigenvalue weighted by Gasteiger charge is -2.02. The minimum atomic E-state index is -0.961. The van der Waals surface area contributed by atoms with Crippen LogP contribution in [-0.4, -0.2) is 20.6 Å². The Kier molecular flexibility index (Phi) is 2.28. The standard InChI is InChI=1S/C8H10N2O2/c1-3-7-9-5-6(8(11)12)10(7)4-2/h3,5H,1,4H2,2H3,(H,11,12). The van der Waals surface area contributed by atoms with E-state index in [4.69, 9.17) is 5.11 Å². The Labute approximate surface area is 70.2 Å². The molecule has 12 heavy (non-hydrogen) atoms. The molecule has 0 atom stereocenters. The Morgan fingerprint density at radius 2 is 2.58 bits per heavy atom. The summed E-state index contributed by atoms with van der Waals surface area (Å²) in [6.45, 7) is 5.98. The summed E-state index contributed by atoms with van der Waals surface area (Å²) in [7, 11) is 0. The minimum absolute atomic E-state index is 0.201. The number of nitrogens with zero attached hydrogens (tertiary/aromatic N) is 2. The van der Waals surface area contributed by atoms with E-state index in [2.05, 4.69) is 11.6 Å². The van der Waals surface area contributed by atoms with Gasteiger partial charge in [-0.1, -0.05) is 6.58 Å². The van der Waals surface area contributed by atoms with E-state index in [1.165, 1.54) is 12.3 Å². The zero-order valence-electron chi connectivity index (χ0n) is 6.82. The third-order valence-electron chi connectivity index (χ3n) is 1.60. The highest BCUT2D eigenvalue weighted by Gasteiger charge is 2.11. The van der Waals surface area contributed by atoms with Crippen molar-refractivity contribution < 1.29 is 9.90 Å². The zero-order valence-corrected chi connectivity index (χ0v) is 6.82. The molecule has 0 saturated heterocycles. The van der Waals surface area contributed by atoms with Gasteiger partial charge in [-0.3, -0.25) is 0 Å². The Bertz CT molecular complexity index is 315. The molecule has 0 bridgehead atoms. The summed E-state index contributed by atoms with van der Waals surface area (Å²) in [4.78, 5) is 14.5. The smallest absolute Gasteiger partial charge is 0.354 e. The van der Waals surface area contributed by atoms with Crippen molar-refractivity contribution in [1.82, 2.24) is 9.55 Å². The second kappa shape index (κ2) is 3.21. The van der Waals surface area contributed by atoms with Crippen molar-refractivity contribution in [2.45, 2.75) is 13.5 Å². The molecule has 0 aliphatic rings. The van der Waals surface area contributed by atoms with Crippen LogP contribution >= 0.6 is 0 Å². The molecular weight excluding hydrogens is 156 g/mol. The molecule has 1 aromatic heterocycles. The number of carbonyl (C=O) groups is 1. The zero-order chi connectivity index (χ0) is 9.14. The van der Waals surface area contributed by atoms with E-state index in [9.17, 15) is 4.79 Å². The molecular formula is C8H10N2O2. The molecule has 4 nitrogen and oxygen atoms in total. The van der Waals surface area contributed by atoms with Gasteiger partial charge in [-0.15, -0.1) is 0 Å². The van der Waals surface area contributed by atoms with Crippen LogP contribution in [0.15, 0.2) is 12.8 Å². The molecule has 0 aliphatic heterocycles. The van der Waals surface area contributed by atoms with Crippen LogP contribution in [0.4, 0.5) is 0 Å². The number of hydrogen-bond donors (Lipinski definition) is 1. The van der Waals surface area contributed by atoms with Crippen LogP contribution < -0.4 is 0 Å². The molecule has 0 saturated carbocycles. The summed E-state index contributed by atoms with van der Waals surface area (Å²) in [5, 5.41) is 8.71. The van der Waals surface area contributed by atoms with Crippen molar-refractivity contribution in [3.63, 3.8) is 0 Å². The first-order chi connectivity index (χ1) is 5.70. The first-order valence-corrected chi connectivity index (χ1v) is 3.62. The van der Waals surface area contributed by atoms with Gasteiger partial charge in [-0.25, -0.2) is 9.78 Å². The van der Waals surface area contributed by atoms with Crippen LogP contribution in [-0.2, 0) is 6.54 Å². The van der Waals surface area contributed by atoms with Crippen molar-refractivity contribution >= 4 is 12.0 Å². The number of carboxylic acid groups (broad SMARTS) is 1. The molecule has 1 heterocycles. The average Bonchev–Trinajstić information content (AvgIpc) is 2.46. The van der Waals surface area contributed by atoms with E-state index in [-0.39, 0.29) is 5.69 Å². The largest absolute Gasteiger partial charge is 0.477 e. The second-order valence-corrected chi connectivity index (χ2v) is 2.26. The Morgan fingerprint density at radius 3 is 3.00 bits per heavy atom. The summed E-state index contributed by atoms with van der Waals surface area (Å²) >= 11 is 0. The molecule has 1 aromatic rings. The molecule has 0 radical (unpaired) electrons. The molecule has 4 heteroatoms. The summed E-state index contributed by atoms with van der Waals surface area (Å²) < 4.78 is 1.59. The molecule has 0 fully saturated rings. The quantitative estimate of drug-likeness (QED) is 0.735. The van der Waals surface area contributed by atoms with Gasteiger partial charge in [0.15, 0.2) is 0 Å². The fourth-order valence-corrected chi connectivity index (χ4v) is 1.06. The van der Waals surface area contributed by atoms with Gasteiger partial charge in [0.1, 0.15) is 11.5 Å². The summed E-state index contributed by atoms with van der Waals surface area (Å²) in [5.74, 6) is -0.368. The summed E-state index contributed by atoms with van der Waals surface area (Å²) in [6, 6.07) is 0. The van der Waals surface area contributed by atoms with Crippen LogP contribution in [0.5, 0.6) is 0 Å². The number of aromatic carboxylic acids is 1. The Balaban J connectivity index is 3.22. The van der Waals surface area contributed by atoms with Gasteiger partial charge in [0.2, 0.25) is 0 Å². The highest BCUT2D eigenvalue weighted by molar-refractivity contribution is 5.85. The Hall–Kier alpha value is -1.58. The van der Waals surface area contributed by atoms with Gasteiger partial charge >= 0.3 is 5.97 Å². The molecule has 0 unspecified atom stereocenters. The van der Waals surface area contributed by atoms with E-state index in [0.29, 0.717) is 12.4 Å². The first-order valence-electron chi connectivity index (χ1n) is 3.62. The van der Waals surface area contributed by atoms with E-state index in [0.717, 1.165) is 0 Å². The number of imidazole rings is 1. The lowest BCUT2D eigenvalue weighted by Crippen LogP contribution is -2.08. The molecule has 0 aliphatic carbocycles. The lowest BCUT2D eigenvalue weighted by atomic mass is 10.4. The van der Waals surface area contributed by atoms with Crippen LogP contribution in [0.3, 0.4) is 0 Å². The van der Waals surface area contributed by atoms with Crippen LogP contribution in [0.1, 0.15) is 23.2 Å². The third-order valence-corrected chi connectivity index (χ3v) is 1.60. The molecule has 1 rings (SSSR count). The van der Waals surface area contributed by atoms with Crippen LogP contribution in [0.2, 0.25) is 0 Å². The van der Waals surface area contributed by atoms with Gasteiger partial charge in [-0.05, 0) is 13.0 Å². The summed E-state index contributed by atoms with van der Waals surface area (Å²) in [5.41, 5.74) is 0.201. The van der Waals surface area contributed by atoms with Crippen molar-refractivity contribution in [3.8, 4) is 0 Å². The minimum Gasteiger partial charge on any atom is -0.477 e. The second-order valence-electron chi connectivity index (χ2n) is 2.26. The third kappa shape index (κ3) is 1.23. The van der Waals surface area contributed by atoms with Gasteiger partial charge in [0.25, 0.3) is 0 Å². The van der Waals surface area contributed by atoms with Gasteiger partial charge in [-0.2, -0.15) is 0 Å². The van der Waals surface area contributed by atoms with Crippen molar-refractivity contribution in [2.75, 3.05) is 0 Å². The molecule has 1 N–H and O–H groups in total. The van der Waals surface area contributed by atoms with Gasteiger partial charge in [0, 0.05) is 6.54 Å². The van der Waals surface area contributed by atoms with Crippen LogP contribution in [0, 0.1) is 0 Å². The predicted octanol–water partition coefficient (Wildman–Crippen LogP) is 1.24. The normalized spacial score (nSPS) is 9.75. The maximum atomic E-state index is 10.6. The van der Waals surface area contributed by atoms with Gasteiger partial charge < -0.3 is 9.67 Å². The fraction of sp³-hybridized carbons (Fsp3) is 0.250. The SMILES string of the molecule is C=Cc1ncc(C(=O)O)n1CC. The van der Waals surface area contributed by atoms with E-state index in [1.807, 2.05) is 6.92 Å². The maximum Gasteiger partial charge on any atom is 0.354 e. The maximum absolute atomic E-state index is 10.6. The Morgan fingerprint density at radius 1 is 1.92 bits per heavy atom. The highest BCUT2D eigenvalue weighted by Crippen LogP contribution is 2.06. The van der Waals surface area contributed by atoms with Crippen molar-refractivity contribution in [2.24, 2.45) is 0 Å². The van der Waals surface area contributed by atoms with Gasteiger partial charge in [0.05, 0.1) is 6.20 Å². The number of aromatic nitrogens is 2. The summed E-state index contributed by atoms with van der Waals surface area (Å²) in [6.07, 6.45) is 2.87. The molecule has 0 spiro atoms. The van der Waals surface area contributed by atoms with E-state index < -0.39 is 5.97 Å². The fourth-order valence-electron chi connectivity index (χ4n) is 1.06. The first kappa shape index (κ1) is 8.52. The van der Waals surface area contributed by atoms with E-state index >= 15 is 0 Å². The molecule has 0 aromatic carbocycles. The van der Waals surface area contributed by atoms with Crippen LogP contribution in [0.25, 0.3) is 6.08 Å². The highest BCUT2D eigenvalue weighted by atomic mass is 16.4. The number of hydrogen-bond acceptors (Lipinski definition) is 2. The average molecular weight is 166 g/mol. The van der Waals surface area contributed by atoms with Crippen molar-refractivity contribution in [3.05, 3.63) is 24.3 Å². The molecule has 0 amide bonds. The van der Waals surface area contributed by atoms with Crippen molar-refractivity contribution in [1.29, 1.82) is 0 Å². The molecule has 64 valence electrons. The number of carboxylic acids is 1. The topological polar surface area (TPSA) is 55.1 Å². The van der Waals surface area contributed by atoms with E-state index in [1.54, 1.807) is 4.57 Å². The monoisotopic (exact) mass is 166 g/mol. The number of rotatable bonds is 3.